The molecule has 5 nitrogen and oxygen atoms in total. The van der Waals surface area contributed by atoms with Crippen LogP contribution in [0.25, 0.3) is 6.08 Å². The van der Waals surface area contributed by atoms with Crippen molar-refractivity contribution in [1.29, 1.82) is 0 Å². The average molecular weight is 402 g/mol. The molecule has 148 valence electrons. The van der Waals surface area contributed by atoms with Crippen molar-refractivity contribution in [3.8, 4) is 0 Å². The van der Waals surface area contributed by atoms with Crippen LogP contribution in [0.2, 0.25) is 5.02 Å². The second-order valence-corrected chi connectivity index (χ2v) is 7.38. The van der Waals surface area contributed by atoms with Crippen LogP contribution in [0.5, 0.6) is 0 Å². The van der Waals surface area contributed by atoms with Crippen LogP contribution in [0, 0.1) is 13.8 Å². The number of ether oxygens (including phenoxy) is 2. The van der Waals surface area contributed by atoms with E-state index in [2.05, 4.69) is 4.57 Å². The van der Waals surface area contributed by atoms with E-state index in [4.69, 9.17) is 21.1 Å². The Kier molecular flexibility index (Phi) is 6.70. The molecule has 0 N–H and O–H groups in total. The van der Waals surface area contributed by atoms with Crippen LogP contribution in [-0.4, -0.2) is 35.6 Å². The van der Waals surface area contributed by atoms with E-state index >= 15 is 0 Å². The van der Waals surface area contributed by atoms with Gasteiger partial charge in [-0.2, -0.15) is 0 Å². The van der Waals surface area contributed by atoms with Crippen LogP contribution >= 0.6 is 11.6 Å². The first-order valence-electron chi connectivity index (χ1n) is 9.36. The lowest BCUT2D eigenvalue weighted by atomic mass is 10.1. The summed E-state index contributed by atoms with van der Waals surface area (Å²) in [5.74, 6) is -0.767. The van der Waals surface area contributed by atoms with E-state index in [1.54, 1.807) is 30.3 Å². The lowest BCUT2D eigenvalue weighted by molar-refractivity contribution is -0.136. The van der Waals surface area contributed by atoms with Gasteiger partial charge in [-0.05, 0) is 56.5 Å². The number of hydrogen-bond donors (Lipinski definition) is 0. The molecule has 3 rings (SSSR count). The number of aryl methyl sites for hydroxylation is 1. The zero-order valence-corrected chi connectivity index (χ0v) is 16.9. The zero-order valence-electron chi connectivity index (χ0n) is 16.1. The third-order valence-electron chi connectivity index (χ3n) is 4.91. The van der Waals surface area contributed by atoms with Gasteiger partial charge < -0.3 is 14.0 Å². The Labute approximate surface area is 169 Å². The van der Waals surface area contributed by atoms with Gasteiger partial charge in [0.05, 0.1) is 6.10 Å². The van der Waals surface area contributed by atoms with Crippen molar-refractivity contribution in [3.05, 3.63) is 63.9 Å². The third kappa shape index (κ3) is 5.12. The van der Waals surface area contributed by atoms with Crippen molar-refractivity contribution >= 4 is 29.4 Å². The SMILES string of the molecule is Cc1cc(C(=O)COC(=O)C=Cc2ccc(Cl)cc2)c(C)n1CC1CCCO1. The highest BCUT2D eigenvalue weighted by molar-refractivity contribution is 6.30. The summed E-state index contributed by atoms with van der Waals surface area (Å²) in [4.78, 5) is 24.4. The highest BCUT2D eigenvalue weighted by atomic mass is 35.5. The van der Waals surface area contributed by atoms with Crippen molar-refractivity contribution in [2.75, 3.05) is 13.2 Å². The average Bonchev–Trinajstić information content (AvgIpc) is 3.29. The number of esters is 1. The Morgan fingerprint density at radius 2 is 2.04 bits per heavy atom. The molecule has 0 radical (unpaired) electrons. The van der Waals surface area contributed by atoms with E-state index in [0.717, 1.165) is 42.9 Å². The quantitative estimate of drug-likeness (QED) is 0.392. The van der Waals surface area contributed by atoms with Gasteiger partial charge >= 0.3 is 5.97 Å². The molecule has 1 fully saturated rings. The molecule has 1 aliphatic rings. The molecule has 0 saturated carbocycles. The van der Waals surface area contributed by atoms with Gasteiger partial charge in [-0.25, -0.2) is 4.79 Å². The van der Waals surface area contributed by atoms with Gasteiger partial charge in [-0.15, -0.1) is 0 Å². The minimum Gasteiger partial charge on any atom is -0.454 e. The van der Waals surface area contributed by atoms with Crippen LogP contribution in [0.1, 0.15) is 40.2 Å². The largest absolute Gasteiger partial charge is 0.454 e. The van der Waals surface area contributed by atoms with Crippen molar-refractivity contribution < 1.29 is 19.1 Å². The Balaban J connectivity index is 1.57. The van der Waals surface area contributed by atoms with E-state index < -0.39 is 5.97 Å². The molecule has 1 aliphatic heterocycles. The fourth-order valence-electron chi connectivity index (χ4n) is 3.36. The smallest absolute Gasteiger partial charge is 0.331 e. The number of ketones is 1. The Bertz CT molecular complexity index is 877. The molecule has 1 unspecified atom stereocenters. The fourth-order valence-corrected chi connectivity index (χ4v) is 3.48. The Morgan fingerprint density at radius 1 is 1.29 bits per heavy atom. The van der Waals surface area contributed by atoms with E-state index in [9.17, 15) is 9.59 Å². The number of rotatable bonds is 7. The first-order chi connectivity index (χ1) is 13.4. The molecular weight excluding hydrogens is 378 g/mol. The van der Waals surface area contributed by atoms with Gasteiger partial charge in [0, 0.05) is 41.2 Å². The van der Waals surface area contributed by atoms with Gasteiger partial charge in [-0.3, -0.25) is 4.79 Å². The third-order valence-corrected chi connectivity index (χ3v) is 5.16. The van der Waals surface area contributed by atoms with Gasteiger partial charge in [0.1, 0.15) is 0 Å². The molecule has 1 saturated heterocycles. The standard InChI is InChI=1S/C22H24ClNO4/c1-15-12-20(16(2)24(15)13-19-4-3-11-27-19)21(25)14-28-22(26)10-7-17-5-8-18(23)9-6-17/h5-10,12,19H,3-4,11,13-14H2,1-2H3. The lowest BCUT2D eigenvalue weighted by Crippen LogP contribution is -2.18. The maximum atomic E-state index is 12.5. The van der Waals surface area contributed by atoms with Gasteiger partial charge in [-0.1, -0.05) is 23.7 Å². The first-order valence-corrected chi connectivity index (χ1v) is 9.74. The van der Waals surface area contributed by atoms with Crippen LogP contribution in [0.3, 0.4) is 0 Å². The molecule has 2 heterocycles. The summed E-state index contributed by atoms with van der Waals surface area (Å²) in [5.41, 5.74) is 3.30. The molecule has 0 spiro atoms. The van der Waals surface area contributed by atoms with Crippen LogP contribution in [0.15, 0.2) is 36.4 Å². The lowest BCUT2D eigenvalue weighted by Gasteiger charge is -2.14. The number of Topliss-reactive ketones (excluding diaryl/α,β-unsaturated/α-hetero) is 1. The first kappa shape index (κ1) is 20.4. The molecule has 1 aromatic heterocycles. The van der Waals surface area contributed by atoms with Crippen LogP contribution in [-0.2, 0) is 20.8 Å². The summed E-state index contributed by atoms with van der Waals surface area (Å²) in [7, 11) is 0. The number of hydrogen-bond acceptors (Lipinski definition) is 4. The molecule has 1 atom stereocenters. The molecular formula is C22H24ClNO4. The van der Waals surface area contributed by atoms with Crippen molar-refractivity contribution in [3.63, 3.8) is 0 Å². The minimum atomic E-state index is -0.559. The number of benzene rings is 1. The molecule has 1 aromatic carbocycles. The summed E-state index contributed by atoms with van der Waals surface area (Å²) < 4.78 is 12.9. The Morgan fingerprint density at radius 3 is 2.71 bits per heavy atom. The maximum absolute atomic E-state index is 12.5. The van der Waals surface area contributed by atoms with Gasteiger partial charge in [0.2, 0.25) is 5.78 Å². The maximum Gasteiger partial charge on any atom is 0.331 e. The normalized spacial score (nSPS) is 16.6. The summed E-state index contributed by atoms with van der Waals surface area (Å²) in [6, 6.07) is 8.91. The molecule has 0 amide bonds. The number of carbonyl (C=O) groups is 2. The van der Waals surface area contributed by atoms with Gasteiger partial charge in [0.15, 0.2) is 6.61 Å². The predicted octanol–water partition coefficient (Wildman–Crippen LogP) is 4.38. The molecule has 6 heteroatoms. The molecule has 2 aromatic rings. The minimum absolute atomic E-state index is 0.198. The molecule has 0 aliphatic carbocycles. The topological polar surface area (TPSA) is 57.5 Å². The van der Waals surface area contributed by atoms with E-state index in [1.165, 1.54) is 6.08 Å². The summed E-state index contributed by atoms with van der Waals surface area (Å²) in [6.07, 6.45) is 5.24. The Hall–Kier alpha value is -2.37. The molecule has 0 bridgehead atoms. The van der Waals surface area contributed by atoms with Crippen LogP contribution < -0.4 is 0 Å². The summed E-state index contributed by atoms with van der Waals surface area (Å²) in [5, 5.41) is 0.627. The van der Waals surface area contributed by atoms with E-state index in [1.807, 2.05) is 19.9 Å². The predicted molar refractivity (Wildman–Crippen MR) is 109 cm³/mol. The van der Waals surface area contributed by atoms with Crippen LogP contribution in [0.4, 0.5) is 0 Å². The summed E-state index contributed by atoms with van der Waals surface area (Å²) >= 11 is 5.83. The number of carbonyl (C=O) groups excluding carboxylic acids is 2. The van der Waals surface area contributed by atoms with Crippen molar-refractivity contribution in [2.24, 2.45) is 0 Å². The van der Waals surface area contributed by atoms with E-state index in [-0.39, 0.29) is 18.5 Å². The zero-order chi connectivity index (χ0) is 20.1. The number of nitrogens with zero attached hydrogens (tertiary/aromatic N) is 1. The highest BCUT2D eigenvalue weighted by Gasteiger charge is 2.21. The number of aromatic nitrogens is 1. The fraction of sp³-hybridized carbons (Fsp3) is 0.364. The summed E-state index contributed by atoms with van der Waals surface area (Å²) in [6.45, 7) is 5.15. The van der Waals surface area contributed by atoms with Gasteiger partial charge in [0.25, 0.3) is 0 Å². The van der Waals surface area contributed by atoms with Crippen molar-refractivity contribution in [1.82, 2.24) is 4.57 Å². The second-order valence-electron chi connectivity index (χ2n) is 6.95. The highest BCUT2D eigenvalue weighted by Crippen LogP contribution is 2.21. The second kappa shape index (κ2) is 9.22. The van der Waals surface area contributed by atoms with Crippen molar-refractivity contribution in [2.45, 2.75) is 39.3 Å². The van der Waals surface area contributed by atoms with E-state index in [0.29, 0.717) is 10.6 Å². The molecule has 28 heavy (non-hydrogen) atoms. The number of halogens is 1. The monoisotopic (exact) mass is 401 g/mol.